The zero-order chi connectivity index (χ0) is 28.1. The van der Waals surface area contributed by atoms with Crippen molar-refractivity contribution in [3.05, 3.63) is 53.1 Å². The van der Waals surface area contributed by atoms with E-state index >= 15 is 0 Å². The summed E-state index contributed by atoms with van der Waals surface area (Å²) in [6, 6.07) is 6.95. The van der Waals surface area contributed by atoms with E-state index in [-0.39, 0.29) is 11.1 Å². The molecule has 1 aromatic carbocycles. The number of hydrogen-bond donors (Lipinski definition) is 1. The summed E-state index contributed by atoms with van der Waals surface area (Å²) < 4.78 is 21.9. The Morgan fingerprint density at radius 1 is 1.02 bits per heavy atom. The highest BCUT2D eigenvalue weighted by atomic mass is 35.5. The van der Waals surface area contributed by atoms with E-state index in [1.165, 1.54) is 0 Å². The number of amides is 1. The number of rotatable bonds is 8. The van der Waals surface area contributed by atoms with Gasteiger partial charge in [0.05, 0.1) is 40.1 Å². The lowest BCUT2D eigenvalue weighted by Crippen LogP contribution is -2.38. The van der Waals surface area contributed by atoms with Crippen LogP contribution in [0.15, 0.2) is 36.5 Å². The highest BCUT2D eigenvalue weighted by Crippen LogP contribution is 2.40. The van der Waals surface area contributed by atoms with Crippen molar-refractivity contribution in [2.75, 3.05) is 70.9 Å². The quantitative estimate of drug-likeness (QED) is 0.402. The smallest absolute Gasteiger partial charge is 0.257 e. The van der Waals surface area contributed by atoms with E-state index in [1.54, 1.807) is 56.7 Å². The van der Waals surface area contributed by atoms with Gasteiger partial charge in [0.1, 0.15) is 5.15 Å². The molecule has 210 valence electrons. The van der Waals surface area contributed by atoms with Gasteiger partial charge in [0, 0.05) is 50.2 Å². The Kier molecular flexibility index (Phi) is 8.46. The topological polar surface area (TPSA) is 124 Å². The lowest BCUT2D eigenvalue weighted by atomic mass is 10.1. The molecule has 0 atom stereocenters. The number of benzene rings is 1. The molecule has 0 aliphatic carbocycles. The number of ether oxygens (including phenoxy) is 4. The number of nitrogens with zero attached hydrogens (tertiary/aromatic N) is 6. The van der Waals surface area contributed by atoms with Crippen LogP contribution in [0.4, 0.5) is 17.6 Å². The molecule has 2 aromatic heterocycles. The van der Waals surface area contributed by atoms with E-state index in [0.717, 1.165) is 5.57 Å². The van der Waals surface area contributed by atoms with Crippen molar-refractivity contribution in [2.45, 2.75) is 6.42 Å². The van der Waals surface area contributed by atoms with E-state index in [0.29, 0.717) is 92.0 Å². The molecule has 0 saturated carbocycles. The molecule has 40 heavy (non-hydrogen) atoms. The maximum atomic E-state index is 13.0. The van der Waals surface area contributed by atoms with Crippen LogP contribution < -0.4 is 24.4 Å². The highest BCUT2D eigenvalue weighted by molar-refractivity contribution is 6.32. The number of aromatic nitrogens is 4. The summed E-state index contributed by atoms with van der Waals surface area (Å²) in [7, 11) is 4.67. The van der Waals surface area contributed by atoms with Crippen LogP contribution in [0.25, 0.3) is 5.57 Å². The second kappa shape index (κ2) is 12.3. The van der Waals surface area contributed by atoms with Gasteiger partial charge in [-0.05, 0) is 24.1 Å². The Bertz CT molecular complexity index is 1390. The Morgan fingerprint density at radius 3 is 2.40 bits per heavy atom. The number of anilines is 3. The number of carbonyl (C=O) groups excluding carboxylic acids is 1. The van der Waals surface area contributed by atoms with Crippen molar-refractivity contribution >= 4 is 40.7 Å². The molecule has 0 radical (unpaired) electrons. The van der Waals surface area contributed by atoms with Crippen LogP contribution in [0.1, 0.15) is 22.6 Å². The number of hydrogen-bond acceptors (Lipinski definition) is 11. The maximum absolute atomic E-state index is 13.0. The largest absolute Gasteiger partial charge is 0.493 e. The third kappa shape index (κ3) is 5.87. The molecule has 1 saturated heterocycles. The van der Waals surface area contributed by atoms with Crippen LogP contribution in [-0.2, 0) is 4.74 Å². The minimum atomic E-state index is -0.164. The first-order valence-corrected chi connectivity index (χ1v) is 13.1. The molecular formula is C27H30ClN7O5. The molecule has 2 aliphatic heterocycles. The first kappa shape index (κ1) is 27.4. The van der Waals surface area contributed by atoms with Crippen molar-refractivity contribution in [1.82, 2.24) is 24.8 Å². The molecule has 1 amide bonds. The lowest BCUT2D eigenvalue weighted by Gasteiger charge is -2.28. The molecule has 13 heteroatoms. The first-order valence-electron chi connectivity index (χ1n) is 12.8. The number of morpholine rings is 1. The predicted octanol–water partition coefficient (Wildman–Crippen LogP) is 3.46. The second-order valence-electron chi connectivity index (χ2n) is 8.99. The van der Waals surface area contributed by atoms with Crippen molar-refractivity contribution in [3.8, 4) is 17.2 Å². The summed E-state index contributed by atoms with van der Waals surface area (Å²) in [5.74, 6) is 2.77. The molecular weight excluding hydrogens is 538 g/mol. The van der Waals surface area contributed by atoms with E-state index in [1.807, 2.05) is 6.08 Å². The third-order valence-corrected chi connectivity index (χ3v) is 6.91. The molecule has 5 rings (SSSR count). The summed E-state index contributed by atoms with van der Waals surface area (Å²) in [5, 5.41) is 3.46. The molecule has 0 spiro atoms. The SMILES string of the molecule is COc1cc(Nc2nc(C3=CCN(C(=O)c4cccnc4Cl)CC3)nc(N3CCOCC3)n2)cc(OC)c1OC. The predicted molar refractivity (Wildman–Crippen MR) is 150 cm³/mol. The normalized spacial score (nSPS) is 15.3. The summed E-state index contributed by atoms with van der Waals surface area (Å²) in [4.78, 5) is 35.1. The minimum Gasteiger partial charge on any atom is -0.493 e. The maximum Gasteiger partial charge on any atom is 0.257 e. The molecule has 2 aliphatic rings. The van der Waals surface area contributed by atoms with Crippen LogP contribution in [0.5, 0.6) is 17.2 Å². The van der Waals surface area contributed by atoms with Crippen molar-refractivity contribution in [1.29, 1.82) is 0 Å². The van der Waals surface area contributed by atoms with Gasteiger partial charge in [0.25, 0.3) is 5.91 Å². The van der Waals surface area contributed by atoms with Gasteiger partial charge in [-0.2, -0.15) is 15.0 Å². The van der Waals surface area contributed by atoms with Gasteiger partial charge < -0.3 is 34.1 Å². The second-order valence-corrected chi connectivity index (χ2v) is 9.35. The summed E-state index contributed by atoms with van der Waals surface area (Å²) >= 11 is 6.15. The third-order valence-electron chi connectivity index (χ3n) is 6.61. The van der Waals surface area contributed by atoms with Gasteiger partial charge in [-0.1, -0.05) is 17.7 Å². The van der Waals surface area contributed by atoms with Crippen molar-refractivity contribution in [3.63, 3.8) is 0 Å². The molecule has 0 bridgehead atoms. The minimum absolute atomic E-state index is 0.164. The fourth-order valence-electron chi connectivity index (χ4n) is 4.52. The molecule has 4 heterocycles. The zero-order valence-electron chi connectivity index (χ0n) is 22.5. The van der Waals surface area contributed by atoms with Crippen LogP contribution >= 0.6 is 11.6 Å². The van der Waals surface area contributed by atoms with Crippen LogP contribution in [0, 0.1) is 0 Å². The monoisotopic (exact) mass is 567 g/mol. The van der Waals surface area contributed by atoms with E-state index < -0.39 is 0 Å². The van der Waals surface area contributed by atoms with Crippen LogP contribution in [-0.4, -0.2) is 91.5 Å². The highest BCUT2D eigenvalue weighted by Gasteiger charge is 2.24. The fourth-order valence-corrected chi connectivity index (χ4v) is 4.72. The standard InChI is InChI=1S/C27H30ClN7O5/c1-37-20-15-18(16-21(38-2)22(20)39-3)30-26-31-24(32-27(33-26)35-11-13-40-14-12-35)17-6-9-34(10-7-17)25(36)19-5-4-8-29-23(19)28/h4-6,8,15-16H,7,9-14H2,1-3H3,(H,30,31,32,33). The molecule has 12 nitrogen and oxygen atoms in total. The molecule has 3 aromatic rings. The molecule has 1 fully saturated rings. The Balaban J connectivity index is 1.44. The van der Waals surface area contributed by atoms with E-state index in [9.17, 15) is 4.79 Å². The Morgan fingerprint density at radius 2 is 1.77 bits per heavy atom. The molecule has 1 N–H and O–H groups in total. The number of pyridine rings is 1. The van der Waals surface area contributed by atoms with Gasteiger partial charge in [-0.25, -0.2) is 4.98 Å². The number of methoxy groups -OCH3 is 3. The zero-order valence-corrected chi connectivity index (χ0v) is 23.3. The van der Waals surface area contributed by atoms with Crippen LogP contribution in [0.2, 0.25) is 5.15 Å². The van der Waals surface area contributed by atoms with Gasteiger partial charge in [0.15, 0.2) is 17.3 Å². The average Bonchev–Trinajstić information content (AvgIpc) is 3.00. The number of carbonyl (C=O) groups is 1. The number of nitrogens with one attached hydrogen (secondary N) is 1. The Labute approximate surface area is 236 Å². The van der Waals surface area contributed by atoms with Gasteiger partial charge in [-0.3, -0.25) is 4.79 Å². The average molecular weight is 568 g/mol. The van der Waals surface area contributed by atoms with Gasteiger partial charge in [-0.15, -0.1) is 0 Å². The van der Waals surface area contributed by atoms with Crippen LogP contribution in [0.3, 0.4) is 0 Å². The molecule has 0 unspecified atom stereocenters. The van der Waals surface area contributed by atoms with E-state index in [4.69, 9.17) is 45.5 Å². The first-order chi connectivity index (χ1) is 19.5. The van der Waals surface area contributed by atoms with Crippen molar-refractivity contribution < 1.29 is 23.7 Å². The van der Waals surface area contributed by atoms with Crippen molar-refractivity contribution in [2.24, 2.45) is 0 Å². The van der Waals surface area contributed by atoms with Gasteiger partial charge in [0.2, 0.25) is 17.6 Å². The Hall–Kier alpha value is -4.16. The summed E-state index contributed by atoms with van der Waals surface area (Å²) in [6.07, 6.45) is 4.09. The fraction of sp³-hybridized carbons (Fsp3) is 0.370. The van der Waals surface area contributed by atoms with E-state index in [2.05, 4.69) is 15.2 Å². The number of halogens is 1. The lowest BCUT2D eigenvalue weighted by molar-refractivity contribution is 0.0772. The summed E-state index contributed by atoms with van der Waals surface area (Å²) in [6.45, 7) is 3.40. The van der Waals surface area contributed by atoms with Gasteiger partial charge >= 0.3 is 0 Å². The summed E-state index contributed by atoms with van der Waals surface area (Å²) in [5.41, 5.74) is 1.96.